The Morgan fingerprint density at radius 2 is 1.67 bits per heavy atom. The van der Waals surface area contributed by atoms with Crippen LogP contribution in [0.15, 0.2) is 0 Å². The number of carbonyl (C=O) groups excluding carboxylic acids is 1. The van der Waals surface area contributed by atoms with E-state index < -0.39 is 26.8 Å². The van der Waals surface area contributed by atoms with Crippen molar-refractivity contribution >= 4 is 20.1 Å². The summed E-state index contributed by atoms with van der Waals surface area (Å²) in [5.41, 5.74) is 0. The van der Waals surface area contributed by atoms with Crippen LogP contribution >= 0.6 is 0 Å². The second kappa shape index (κ2) is 5.97. The van der Waals surface area contributed by atoms with E-state index in [2.05, 4.69) is 33.9 Å². The van der Waals surface area contributed by atoms with Crippen LogP contribution in [-0.4, -0.2) is 31.3 Å². The quantitative estimate of drug-likeness (QED) is 0.597. The molecule has 0 rings (SSSR count). The van der Waals surface area contributed by atoms with Crippen LogP contribution in [0.2, 0.25) is 18.1 Å². The molecule has 0 aliphatic carbocycles. The lowest BCUT2D eigenvalue weighted by molar-refractivity contribution is -0.142. The first-order valence-electron chi connectivity index (χ1n) is 6.31. The number of carboxylic acid groups (broad SMARTS) is 1. The van der Waals surface area contributed by atoms with Gasteiger partial charge in [-0.05, 0) is 24.1 Å². The standard InChI is InChI=1S/C13H26O4Si/c1-9(2)12(10(14)8-11(15)16)17-18(6,7)13(3,4)5/h9,12H,8H2,1-7H3,(H,15,16)/t12-/m0/s1. The van der Waals surface area contributed by atoms with Crippen LogP contribution in [0.4, 0.5) is 0 Å². The molecule has 0 bridgehead atoms. The molecule has 0 aromatic rings. The first-order valence-corrected chi connectivity index (χ1v) is 9.21. The lowest BCUT2D eigenvalue weighted by atomic mass is 10.0. The summed E-state index contributed by atoms with van der Waals surface area (Å²) >= 11 is 0. The predicted molar refractivity (Wildman–Crippen MR) is 74.2 cm³/mol. The third-order valence-electron chi connectivity index (χ3n) is 3.48. The number of Topliss-reactive ketones (excluding diaryl/α,β-unsaturated/α-hetero) is 1. The van der Waals surface area contributed by atoms with Gasteiger partial charge in [-0.1, -0.05) is 34.6 Å². The van der Waals surface area contributed by atoms with E-state index in [4.69, 9.17) is 9.53 Å². The van der Waals surface area contributed by atoms with Crippen molar-refractivity contribution in [2.24, 2.45) is 5.92 Å². The molecule has 4 nitrogen and oxygen atoms in total. The molecule has 0 aromatic heterocycles. The third-order valence-corrected chi connectivity index (χ3v) is 7.93. The molecule has 0 unspecified atom stereocenters. The van der Waals surface area contributed by atoms with E-state index in [1.807, 2.05) is 13.8 Å². The molecule has 0 heterocycles. The van der Waals surface area contributed by atoms with Gasteiger partial charge < -0.3 is 9.53 Å². The topological polar surface area (TPSA) is 63.6 Å². The zero-order valence-corrected chi connectivity index (χ0v) is 13.5. The van der Waals surface area contributed by atoms with Crippen LogP contribution in [0, 0.1) is 5.92 Å². The second-order valence-electron chi connectivity index (χ2n) is 6.58. The summed E-state index contributed by atoms with van der Waals surface area (Å²) in [6, 6.07) is 0. The summed E-state index contributed by atoms with van der Waals surface area (Å²) in [5.74, 6) is -1.43. The molecule has 1 N–H and O–H groups in total. The van der Waals surface area contributed by atoms with Crippen LogP contribution in [0.3, 0.4) is 0 Å². The Hall–Kier alpha value is -0.683. The summed E-state index contributed by atoms with van der Waals surface area (Å²) < 4.78 is 6.05. The van der Waals surface area contributed by atoms with Gasteiger partial charge >= 0.3 is 5.97 Å². The number of carboxylic acids is 1. The molecule has 106 valence electrons. The van der Waals surface area contributed by atoms with Crippen molar-refractivity contribution in [3.8, 4) is 0 Å². The summed E-state index contributed by atoms with van der Waals surface area (Å²) in [5, 5.41) is 8.71. The van der Waals surface area contributed by atoms with Crippen LogP contribution in [0.25, 0.3) is 0 Å². The summed E-state index contributed by atoms with van der Waals surface area (Å²) in [7, 11) is -2.06. The Morgan fingerprint density at radius 3 is 1.94 bits per heavy atom. The van der Waals surface area contributed by atoms with Gasteiger partial charge in [-0.2, -0.15) is 0 Å². The molecular weight excluding hydrogens is 248 g/mol. The van der Waals surface area contributed by atoms with Gasteiger partial charge in [0.15, 0.2) is 14.1 Å². The van der Waals surface area contributed by atoms with Crippen molar-refractivity contribution in [2.75, 3.05) is 0 Å². The van der Waals surface area contributed by atoms with Gasteiger partial charge in [0, 0.05) is 0 Å². The van der Waals surface area contributed by atoms with E-state index in [0.29, 0.717) is 0 Å². The van der Waals surface area contributed by atoms with E-state index in [0.717, 1.165) is 0 Å². The number of ketones is 1. The fraction of sp³-hybridized carbons (Fsp3) is 0.846. The number of hydrogen-bond donors (Lipinski definition) is 1. The maximum absolute atomic E-state index is 11.9. The molecule has 0 aliphatic rings. The Bertz CT molecular complexity index is 315. The molecule has 0 aromatic carbocycles. The van der Waals surface area contributed by atoms with Crippen molar-refractivity contribution in [1.82, 2.24) is 0 Å². The van der Waals surface area contributed by atoms with Crippen LogP contribution in [0.5, 0.6) is 0 Å². The summed E-state index contributed by atoms with van der Waals surface area (Å²) in [6.45, 7) is 14.2. The highest BCUT2D eigenvalue weighted by Crippen LogP contribution is 2.38. The Balaban J connectivity index is 4.95. The van der Waals surface area contributed by atoms with Gasteiger partial charge in [-0.3, -0.25) is 9.59 Å². The lowest BCUT2D eigenvalue weighted by Gasteiger charge is -2.39. The van der Waals surface area contributed by atoms with Gasteiger partial charge in [0.1, 0.15) is 12.5 Å². The minimum atomic E-state index is -2.06. The third kappa shape index (κ3) is 4.90. The van der Waals surface area contributed by atoms with Crippen molar-refractivity contribution in [3.63, 3.8) is 0 Å². The normalized spacial score (nSPS) is 14.7. The fourth-order valence-corrected chi connectivity index (χ4v) is 2.71. The lowest BCUT2D eigenvalue weighted by Crippen LogP contribution is -2.47. The molecule has 18 heavy (non-hydrogen) atoms. The van der Waals surface area contributed by atoms with Crippen molar-refractivity contribution < 1.29 is 19.1 Å². The molecule has 0 radical (unpaired) electrons. The average molecular weight is 274 g/mol. The molecular formula is C13H26O4Si. The van der Waals surface area contributed by atoms with Gasteiger partial charge in [0.05, 0.1) is 0 Å². The summed E-state index contributed by atoms with van der Waals surface area (Å²) in [6.07, 6.45) is -1.07. The molecule has 5 heteroatoms. The Morgan fingerprint density at radius 1 is 1.22 bits per heavy atom. The highest BCUT2D eigenvalue weighted by molar-refractivity contribution is 6.74. The van der Waals surface area contributed by atoms with Crippen LogP contribution in [0.1, 0.15) is 41.0 Å². The van der Waals surface area contributed by atoms with Crippen molar-refractivity contribution in [3.05, 3.63) is 0 Å². The van der Waals surface area contributed by atoms with Crippen molar-refractivity contribution in [1.29, 1.82) is 0 Å². The second-order valence-corrected chi connectivity index (χ2v) is 11.3. The Labute approximate surface area is 111 Å². The minimum absolute atomic E-state index is 0.00361. The van der Waals surface area contributed by atoms with Gasteiger partial charge in [0.2, 0.25) is 0 Å². The first-order chi connectivity index (χ1) is 7.88. The average Bonchev–Trinajstić information content (AvgIpc) is 2.10. The Kier molecular flexibility index (Phi) is 5.75. The molecule has 0 aliphatic heterocycles. The fourth-order valence-electron chi connectivity index (χ4n) is 1.32. The maximum Gasteiger partial charge on any atom is 0.310 e. The molecule has 0 amide bonds. The highest BCUT2D eigenvalue weighted by Gasteiger charge is 2.41. The number of carbonyl (C=O) groups is 2. The maximum atomic E-state index is 11.9. The molecule has 0 fully saturated rings. The van der Waals surface area contributed by atoms with Crippen molar-refractivity contribution in [2.45, 2.75) is 65.3 Å². The van der Waals surface area contributed by atoms with E-state index in [9.17, 15) is 9.59 Å². The van der Waals surface area contributed by atoms with E-state index in [1.54, 1.807) is 0 Å². The van der Waals surface area contributed by atoms with Gasteiger partial charge in [-0.25, -0.2) is 0 Å². The molecule has 0 saturated carbocycles. The predicted octanol–water partition coefficient (Wildman–Crippen LogP) is 3.08. The molecule has 0 spiro atoms. The SMILES string of the molecule is CC(C)[C@H](O[Si](C)(C)C(C)(C)C)C(=O)CC(=O)O. The monoisotopic (exact) mass is 274 g/mol. The number of hydrogen-bond acceptors (Lipinski definition) is 3. The van der Waals surface area contributed by atoms with E-state index >= 15 is 0 Å². The van der Waals surface area contributed by atoms with Gasteiger partial charge in [0.25, 0.3) is 0 Å². The zero-order chi connectivity index (χ0) is 14.7. The van der Waals surface area contributed by atoms with E-state index in [-0.39, 0.29) is 16.7 Å². The minimum Gasteiger partial charge on any atom is -0.481 e. The largest absolute Gasteiger partial charge is 0.481 e. The number of aliphatic carboxylic acids is 1. The smallest absolute Gasteiger partial charge is 0.310 e. The summed E-state index contributed by atoms with van der Waals surface area (Å²) in [4.78, 5) is 22.6. The number of rotatable bonds is 6. The van der Waals surface area contributed by atoms with Crippen LogP contribution in [-0.2, 0) is 14.0 Å². The van der Waals surface area contributed by atoms with Gasteiger partial charge in [-0.15, -0.1) is 0 Å². The first kappa shape index (κ1) is 17.3. The molecule has 0 saturated heterocycles. The van der Waals surface area contributed by atoms with Crippen LogP contribution < -0.4 is 0 Å². The molecule has 1 atom stereocenters. The highest BCUT2D eigenvalue weighted by atomic mass is 28.4. The van der Waals surface area contributed by atoms with E-state index in [1.165, 1.54) is 0 Å². The zero-order valence-electron chi connectivity index (χ0n) is 12.5.